The quantitative estimate of drug-likeness (QED) is 0.263. The van der Waals surface area contributed by atoms with Crippen LogP contribution in [0.4, 0.5) is 5.69 Å². The fraction of sp³-hybridized carbons (Fsp3) is 0.120. The zero-order valence-corrected chi connectivity index (χ0v) is 19.9. The van der Waals surface area contributed by atoms with Gasteiger partial charge in [-0.25, -0.2) is 13.6 Å². The minimum Gasteiger partial charge on any atom is -0.384 e. The second-order valence-electron chi connectivity index (χ2n) is 8.39. The first-order valence-electron chi connectivity index (χ1n) is 10.6. The fourth-order valence-electron chi connectivity index (χ4n) is 3.77. The normalized spacial score (nSPS) is 17.4. The summed E-state index contributed by atoms with van der Waals surface area (Å²) in [6.07, 6.45) is 1.66. The highest BCUT2D eigenvalue weighted by molar-refractivity contribution is 7.89. The molecule has 0 aromatic heterocycles. The van der Waals surface area contributed by atoms with Gasteiger partial charge in [-0.1, -0.05) is 42.5 Å². The van der Waals surface area contributed by atoms with E-state index < -0.39 is 21.5 Å². The van der Waals surface area contributed by atoms with Gasteiger partial charge in [0.2, 0.25) is 10.0 Å². The first-order chi connectivity index (χ1) is 16.5. The van der Waals surface area contributed by atoms with Crippen LogP contribution in [0.2, 0.25) is 0 Å². The molecule has 1 aliphatic heterocycles. The van der Waals surface area contributed by atoms with E-state index in [1.807, 2.05) is 13.0 Å². The lowest BCUT2D eigenvalue weighted by atomic mass is 10.00. The van der Waals surface area contributed by atoms with E-state index in [1.165, 1.54) is 6.07 Å². The van der Waals surface area contributed by atoms with E-state index in [0.717, 1.165) is 11.1 Å². The Hall–Kier alpha value is -3.99. The van der Waals surface area contributed by atoms with E-state index in [2.05, 4.69) is 10.8 Å². The number of benzene rings is 3. The van der Waals surface area contributed by atoms with Crippen LogP contribution in [0.25, 0.3) is 16.8 Å². The summed E-state index contributed by atoms with van der Waals surface area (Å²) < 4.78 is 23.9. The molecule has 1 atom stereocenters. The number of amidine groups is 1. The fourth-order valence-corrected chi connectivity index (χ4v) is 4.54. The smallest absolute Gasteiger partial charge is 0.263 e. The van der Waals surface area contributed by atoms with Crippen molar-refractivity contribution < 1.29 is 18.0 Å². The lowest BCUT2D eigenvalue weighted by molar-refractivity contribution is -0.135. The van der Waals surface area contributed by atoms with Crippen LogP contribution in [0.15, 0.2) is 77.7 Å². The molecule has 7 N–H and O–H groups in total. The number of nitrogens with one attached hydrogen (secondary N) is 3. The van der Waals surface area contributed by atoms with Crippen molar-refractivity contribution in [1.82, 2.24) is 5.48 Å². The van der Waals surface area contributed by atoms with Gasteiger partial charge in [-0.2, -0.15) is 0 Å². The molecule has 0 saturated heterocycles. The Morgan fingerprint density at radius 2 is 1.80 bits per heavy atom. The second kappa shape index (κ2) is 8.99. The summed E-state index contributed by atoms with van der Waals surface area (Å²) in [5.41, 5.74) is 11.3. The number of hydrogen-bond acceptors (Lipinski definition) is 6. The van der Waals surface area contributed by atoms with E-state index in [-0.39, 0.29) is 10.7 Å². The number of hydroxylamine groups is 1. The molecular formula is C25H25N5O4S. The lowest BCUT2D eigenvalue weighted by Gasteiger charge is -2.20. The number of carbonyl (C=O) groups excluding carboxylic acids is 1. The molecule has 0 saturated carbocycles. The first kappa shape index (κ1) is 24.1. The number of hydrogen-bond donors (Lipinski definition) is 5. The van der Waals surface area contributed by atoms with Crippen molar-refractivity contribution in [3.63, 3.8) is 0 Å². The molecule has 1 heterocycles. The van der Waals surface area contributed by atoms with Crippen LogP contribution >= 0.6 is 0 Å². The van der Waals surface area contributed by atoms with E-state index in [9.17, 15) is 13.2 Å². The average Bonchev–Trinajstić information content (AvgIpc) is 3.23. The highest BCUT2D eigenvalue weighted by Crippen LogP contribution is 2.31. The van der Waals surface area contributed by atoms with E-state index in [1.54, 1.807) is 67.6 Å². The minimum absolute atomic E-state index is 0.0284. The summed E-state index contributed by atoms with van der Waals surface area (Å²) in [4.78, 5) is 18.7. The molecule has 9 nitrogen and oxygen atoms in total. The molecule has 1 amide bonds. The number of aryl methyl sites for hydroxylation is 1. The molecular weight excluding hydrogens is 466 g/mol. The van der Waals surface area contributed by atoms with Crippen molar-refractivity contribution in [2.45, 2.75) is 24.3 Å². The molecule has 0 radical (unpaired) electrons. The van der Waals surface area contributed by atoms with Crippen molar-refractivity contribution in [1.29, 1.82) is 5.41 Å². The maximum absolute atomic E-state index is 13.1. The Labute approximate surface area is 203 Å². The summed E-state index contributed by atoms with van der Waals surface area (Å²) in [6, 6.07) is 18.7. The van der Waals surface area contributed by atoms with Crippen molar-refractivity contribution in [2.24, 2.45) is 10.9 Å². The van der Waals surface area contributed by atoms with Crippen LogP contribution in [0.3, 0.4) is 0 Å². The summed E-state index contributed by atoms with van der Waals surface area (Å²) >= 11 is 0. The van der Waals surface area contributed by atoms with Gasteiger partial charge in [0.1, 0.15) is 5.84 Å². The van der Waals surface area contributed by atoms with Gasteiger partial charge in [-0.3, -0.25) is 20.5 Å². The largest absolute Gasteiger partial charge is 0.384 e. The van der Waals surface area contributed by atoms with E-state index in [0.29, 0.717) is 28.1 Å². The molecule has 180 valence electrons. The highest BCUT2D eigenvalue weighted by Gasteiger charge is 2.38. The SMILES string of the molecule is Cc1cc(-c2ccccc2S(N)(=O)=O)ccc1NC(=O)C1(C)C=C(c2cccc(C(=N)N)c2)NO1. The molecule has 10 heteroatoms. The first-order valence-corrected chi connectivity index (χ1v) is 12.2. The Morgan fingerprint density at radius 3 is 2.49 bits per heavy atom. The van der Waals surface area contributed by atoms with Gasteiger partial charge < -0.3 is 11.1 Å². The predicted molar refractivity (Wildman–Crippen MR) is 135 cm³/mol. The van der Waals surface area contributed by atoms with Crippen molar-refractivity contribution in [2.75, 3.05) is 5.32 Å². The molecule has 3 aromatic carbocycles. The van der Waals surface area contributed by atoms with Crippen molar-refractivity contribution in [3.8, 4) is 11.1 Å². The molecule has 35 heavy (non-hydrogen) atoms. The van der Waals surface area contributed by atoms with E-state index >= 15 is 0 Å². The third kappa shape index (κ3) is 4.94. The van der Waals surface area contributed by atoms with Gasteiger partial charge in [0.05, 0.1) is 10.6 Å². The average molecular weight is 492 g/mol. The molecule has 4 rings (SSSR count). The van der Waals surface area contributed by atoms with Gasteiger partial charge in [0.25, 0.3) is 5.91 Å². The van der Waals surface area contributed by atoms with E-state index in [4.69, 9.17) is 21.1 Å². The summed E-state index contributed by atoms with van der Waals surface area (Å²) in [6.45, 7) is 3.44. The summed E-state index contributed by atoms with van der Waals surface area (Å²) in [7, 11) is -3.90. The minimum atomic E-state index is -3.90. The second-order valence-corrected chi connectivity index (χ2v) is 9.92. The third-order valence-corrected chi connectivity index (χ3v) is 6.68. The highest BCUT2D eigenvalue weighted by atomic mass is 32.2. The van der Waals surface area contributed by atoms with Crippen LogP contribution in [0, 0.1) is 12.3 Å². The van der Waals surface area contributed by atoms with Gasteiger partial charge in [0.15, 0.2) is 5.60 Å². The zero-order chi connectivity index (χ0) is 25.4. The number of nitrogens with two attached hydrogens (primary N) is 2. The molecule has 1 aliphatic rings. The Bertz CT molecular complexity index is 1480. The maximum Gasteiger partial charge on any atom is 0.263 e. The number of rotatable bonds is 6. The van der Waals surface area contributed by atoms with Gasteiger partial charge in [-0.15, -0.1) is 0 Å². The summed E-state index contributed by atoms with van der Waals surface area (Å²) in [5.74, 6) is -0.457. The van der Waals surface area contributed by atoms with Crippen LogP contribution < -0.4 is 21.7 Å². The number of carbonyl (C=O) groups is 1. The molecule has 1 unspecified atom stereocenters. The Morgan fingerprint density at radius 1 is 1.06 bits per heavy atom. The van der Waals surface area contributed by atoms with Crippen LogP contribution in [-0.4, -0.2) is 25.8 Å². The lowest BCUT2D eigenvalue weighted by Crippen LogP contribution is -2.40. The van der Waals surface area contributed by atoms with Crippen molar-refractivity contribution >= 4 is 33.2 Å². The van der Waals surface area contributed by atoms with Crippen LogP contribution in [0.1, 0.15) is 23.6 Å². The predicted octanol–water partition coefficient (Wildman–Crippen LogP) is 2.87. The number of nitrogen functional groups attached to an aromatic ring is 1. The zero-order valence-electron chi connectivity index (χ0n) is 19.1. The van der Waals surface area contributed by atoms with Gasteiger partial charge in [0, 0.05) is 22.4 Å². The maximum atomic E-state index is 13.1. The third-order valence-electron chi connectivity index (χ3n) is 5.71. The molecule has 0 spiro atoms. The molecule has 0 fully saturated rings. The Balaban J connectivity index is 1.57. The number of primary sulfonamides is 1. The van der Waals surface area contributed by atoms with Crippen LogP contribution in [0.5, 0.6) is 0 Å². The van der Waals surface area contributed by atoms with Gasteiger partial charge in [-0.05, 0) is 55.3 Å². The van der Waals surface area contributed by atoms with Gasteiger partial charge >= 0.3 is 0 Å². The molecule has 3 aromatic rings. The standard InChI is InChI=1S/C25H25N5O4S/c1-15-12-16(19-8-3-4-9-22(19)35(28,32)33)10-11-20(15)29-24(31)25(2)14-21(30-34-25)17-6-5-7-18(13-17)23(26)27/h3-14,30H,1-2H3,(H3,26,27)(H,29,31)(H2,28,32,33). The Kier molecular flexibility index (Phi) is 6.20. The number of amides is 1. The molecule has 0 aliphatic carbocycles. The summed E-state index contributed by atoms with van der Waals surface area (Å²) in [5, 5.41) is 15.8. The van der Waals surface area contributed by atoms with Crippen molar-refractivity contribution in [3.05, 3.63) is 89.5 Å². The number of anilines is 1. The van der Waals surface area contributed by atoms with Crippen LogP contribution in [-0.2, 0) is 19.7 Å². The topological polar surface area (TPSA) is 160 Å². The number of sulfonamides is 1. The molecule has 0 bridgehead atoms. The monoisotopic (exact) mass is 491 g/mol.